The van der Waals surface area contributed by atoms with Crippen LogP contribution in [0.15, 0.2) is 64.4 Å². The topological polar surface area (TPSA) is 98.1 Å². The molecule has 3 rings (SSSR count). The van der Waals surface area contributed by atoms with Crippen LogP contribution < -0.4 is 0 Å². The first-order chi connectivity index (χ1) is 14.2. The van der Waals surface area contributed by atoms with Gasteiger partial charge >= 0.3 is 11.9 Å². The number of rotatable bonds is 5. The Morgan fingerprint density at radius 3 is 2.30 bits per heavy atom. The lowest BCUT2D eigenvalue weighted by atomic mass is 9.95. The van der Waals surface area contributed by atoms with E-state index in [1.165, 1.54) is 10.5 Å². The molecule has 6 nitrogen and oxygen atoms in total. The van der Waals surface area contributed by atoms with Crippen molar-refractivity contribution in [2.45, 2.75) is 16.2 Å². The number of nitrogens with zero attached hydrogens (tertiary/aromatic N) is 1. The van der Waals surface area contributed by atoms with E-state index in [-0.39, 0.29) is 5.75 Å². The monoisotopic (exact) mass is 447 g/mol. The van der Waals surface area contributed by atoms with Gasteiger partial charge in [0.05, 0.1) is 4.90 Å². The minimum Gasteiger partial charge on any atom is -0.507 e. The van der Waals surface area contributed by atoms with Gasteiger partial charge in [0.1, 0.15) is 5.75 Å². The van der Waals surface area contributed by atoms with Crippen molar-refractivity contribution in [1.29, 1.82) is 0 Å². The first-order valence-electron chi connectivity index (χ1n) is 8.98. The average molecular weight is 448 g/mol. The molecule has 2 aromatic carbocycles. The molecule has 1 heterocycles. The Balaban J connectivity index is 0.000000343. The van der Waals surface area contributed by atoms with Gasteiger partial charge in [-0.2, -0.15) is 0 Å². The zero-order chi connectivity index (χ0) is 22.3. The fourth-order valence-electron chi connectivity index (χ4n) is 2.75. The summed E-state index contributed by atoms with van der Waals surface area (Å²) in [5, 5.41) is 26.4. The number of phenolic OH excluding ortho intramolecular Hbond substituents is 1. The highest BCUT2D eigenvalue weighted by Crippen LogP contribution is 2.49. The highest BCUT2D eigenvalue weighted by molar-refractivity contribution is 7.99. The Morgan fingerprint density at radius 2 is 1.70 bits per heavy atom. The van der Waals surface area contributed by atoms with Crippen LogP contribution in [0, 0.1) is 0 Å². The Morgan fingerprint density at radius 1 is 1.07 bits per heavy atom. The zero-order valence-electron chi connectivity index (χ0n) is 16.5. The van der Waals surface area contributed by atoms with Crippen LogP contribution in [0.3, 0.4) is 0 Å². The van der Waals surface area contributed by atoms with Crippen molar-refractivity contribution in [1.82, 2.24) is 4.90 Å². The fourth-order valence-corrected chi connectivity index (χ4v) is 4.06. The maximum absolute atomic E-state index is 10.3. The molecule has 30 heavy (non-hydrogen) atoms. The second-order valence-corrected chi connectivity index (χ2v) is 8.11. The quantitative estimate of drug-likeness (QED) is 0.491. The molecule has 3 N–H and O–H groups in total. The van der Waals surface area contributed by atoms with Crippen molar-refractivity contribution in [3.8, 4) is 5.75 Å². The maximum Gasteiger partial charge on any atom is 0.328 e. The van der Waals surface area contributed by atoms with Gasteiger partial charge < -0.3 is 20.2 Å². The van der Waals surface area contributed by atoms with Crippen molar-refractivity contribution < 1.29 is 24.9 Å². The van der Waals surface area contributed by atoms with Gasteiger partial charge in [-0.15, -0.1) is 0 Å². The van der Waals surface area contributed by atoms with E-state index in [0.29, 0.717) is 17.2 Å². The van der Waals surface area contributed by atoms with Crippen LogP contribution in [0.2, 0.25) is 5.02 Å². The van der Waals surface area contributed by atoms with Crippen LogP contribution in [0.4, 0.5) is 0 Å². The number of phenols is 1. The van der Waals surface area contributed by atoms with Crippen LogP contribution in [-0.4, -0.2) is 52.8 Å². The second kappa shape index (κ2) is 10.9. The molecule has 2 aromatic rings. The minimum atomic E-state index is -1.26. The van der Waals surface area contributed by atoms with E-state index in [1.54, 1.807) is 17.8 Å². The number of aliphatic carboxylic acids is 2. The van der Waals surface area contributed by atoms with Gasteiger partial charge in [0.2, 0.25) is 0 Å². The summed E-state index contributed by atoms with van der Waals surface area (Å²) < 4.78 is 0. The molecule has 158 valence electrons. The summed E-state index contributed by atoms with van der Waals surface area (Å²) >= 11 is 7.76. The SMILES string of the molecule is CN(C)CC/C=C1/c2ccccc2Sc2c(O)cc(Cl)cc21.O=C(O)/C=C\C(=O)O. The molecule has 0 saturated heterocycles. The van der Waals surface area contributed by atoms with Crippen molar-refractivity contribution in [3.05, 3.63) is 70.8 Å². The number of carboxylic acid groups (broad SMARTS) is 2. The summed E-state index contributed by atoms with van der Waals surface area (Å²) in [5.74, 6) is -2.26. The van der Waals surface area contributed by atoms with E-state index in [4.69, 9.17) is 21.8 Å². The lowest BCUT2D eigenvalue weighted by Crippen LogP contribution is -2.12. The lowest BCUT2D eigenvalue weighted by molar-refractivity contribution is -0.134. The summed E-state index contributed by atoms with van der Waals surface area (Å²) in [6.07, 6.45) is 4.31. The average Bonchev–Trinajstić information content (AvgIpc) is 2.67. The largest absolute Gasteiger partial charge is 0.507 e. The Labute approximate surface area is 184 Å². The van der Waals surface area contributed by atoms with E-state index in [2.05, 4.69) is 43.3 Å². The van der Waals surface area contributed by atoms with E-state index >= 15 is 0 Å². The van der Waals surface area contributed by atoms with Crippen molar-refractivity contribution in [2.75, 3.05) is 20.6 Å². The number of benzene rings is 2. The Hall–Kier alpha value is -2.74. The lowest BCUT2D eigenvalue weighted by Gasteiger charge is -2.23. The first kappa shape index (κ1) is 23.5. The molecule has 0 radical (unpaired) electrons. The highest BCUT2D eigenvalue weighted by atomic mass is 35.5. The molecule has 1 aliphatic rings. The van der Waals surface area contributed by atoms with Crippen LogP contribution in [0.25, 0.3) is 5.57 Å². The third-order valence-corrected chi connectivity index (χ3v) is 5.43. The molecule has 0 fully saturated rings. The number of hydrogen-bond acceptors (Lipinski definition) is 5. The second-order valence-electron chi connectivity index (χ2n) is 6.62. The van der Waals surface area contributed by atoms with Gasteiger partial charge in [0, 0.05) is 34.2 Å². The molecule has 8 heteroatoms. The van der Waals surface area contributed by atoms with Crippen molar-refractivity contribution in [2.24, 2.45) is 0 Å². The predicted molar refractivity (Wildman–Crippen MR) is 118 cm³/mol. The molecule has 0 bridgehead atoms. The number of fused-ring (bicyclic) bond motifs is 2. The molecule has 1 aliphatic heterocycles. The molecule has 0 atom stereocenters. The smallest absolute Gasteiger partial charge is 0.328 e. The molecule has 0 aliphatic carbocycles. The van der Waals surface area contributed by atoms with Gasteiger partial charge in [-0.1, -0.05) is 47.6 Å². The van der Waals surface area contributed by atoms with E-state index in [1.807, 2.05) is 12.1 Å². The summed E-state index contributed by atoms with van der Waals surface area (Å²) in [6, 6.07) is 11.9. The Bertz CT molecular complexity index is 985. The number of aromatic hydroxyl groups is 1. The summed E-state index contributed by atoms with van der Waals surface area (Å²) in [6.45, 7) is 0.987. The molecule has 0 aromatic heterocycles. The van der Waals surface area contributed by atoms with E-state index in [0.717, 1.165) is 29.0 Å². The van der Waals surface area contributed by atoms with Crippen molar-refractivity contribution >= 4 is 40.9 Å². The van der Waals surface area contributed by atoms with Crippen molar-refractivity contribution in [3.63, 3.8) is 0 Å². The number of halogens is 1. The molecule has 0 unspecified atom stereocenters. The Kier molecular flexibility index (Phi) is 8.53. The van der Waals surface area contributed by atoms with Crippen LogP contribution in [0.5, 0.6) is 5.75 Å². The zero-order valence-corrected chi connectivity index (χ0v) is 18.1. The molecule has 0 saturated carbocycles. The molecule has 0 spiro atoms. The standard InChI is InChI=1S/C18H18ClNOS.C4H4O4/c1-20(2)9-5-7-13-14-6-3-4-8-17(14)22-18-15(13)10-12(19)11-16(18)21;5-3(6)1-2-4(7)8/h3-4,6-8,10-11,21H,5,9H2,1-2H3;1-2H,(H,5,6)(H,7,8)/b13-7-;2-1-. The predicted octanol–water partition coefficient (Wildman–Crippen LogP) is 4.61. The highest BCUT2D eigenvalue weighted by Gasteiger charge is 2.23. The molecular formula is C22H22ClNO5S. The fraction of sp³-hybridized carbons (Fsp3) is 0.182. The summed E-state index contributed by atoms with van der Waals surface area (Å²) in [7, 11) is 4.14. The normalized spacial score (nSPS) is 13.5. The third kappa shape index (κ3) is 6.66. The van der Waals surface area contributed by atoms with Crippen LogP contribution in [0.1, 0.15) is 17.5 Å². The molecule has 0 amide bonds. The summed E-state index contributed by atoms with van der Waals surface area (Å²) in [4.78, 5) is 23.3. The van der Waals surface area contributed by atoms with E-state index < -0.39 is 11.9 Å². The van der Waals surface area contributed by atoms with Gasteiger partial charge in [0.25, 0.3) is 0 Å². The van der Waals surface area contributed by atoms with Gasteiger partial charge in [-0.25, -0.2) is 9.59 Å². The minimum absolute atomic E-state index is 0.250. The maximum atomic E-state index is 10.3. The van der Waals surface area contributed by atoms with E-state index in [9.17, 15) is 14.7 Å². The number of carboxylic acids is 2. The van der Waals surface area contributed by atoms with Crippen LogP contribution >= 0.6 is 23.4 Å². The van der Waals surface area contributed by atoms with Gasteiger partial charge in [0.15, 0.2) is 0 Å². The van der Waals surface area contributed by atoms with Gasteiger partial charge in [-0.05, 0) is 49.9 Å². The third-order valence-electron chi connectivity index (χ3n) is 4.01. The number of carbonyl (C=O) groups is 2. The van der Waals surface area contributed by atoms with Gasteiger partial charge in [-0.3, -0.25) is 0 Å². The first-order valence-corrected chi connectivity index (χ1v) is 10.2. The number of hydrogen-bond donors (Lipinski definition) is 3. The molecular weight excluding hydrogens is 426 g/mol. The summed E-state index contributed by atoms with van der Waals surface area (Å²) in [5.41, 5.74) is 3.39. The van der Waals surface area contributed by atoms with Crippen LogP contribution in [-0.2, 0) is 9.59 Å².